The van der Waals surface area contributed by atoms with Gasteiger partial charge in [-0.25, -0.2) is 0 Å². The molecule has 0 spiro atoms. The second-order valence-electron chi connectivity index (χ2n) is 9.17. The van der Waals surface area contributed by atoms with Crippen LogP contribution in [0.25, 0.3) is 0 Å². The molecule has 3 aromatic carbocycles. The van der Waals surface area contributed by atoms with Crippen molar-refractivity contribution in [3.8, 4) is 23.0 Å². The van der Waals surface area contributed by atoms with Crippen molar-refractivity contribution in [2.24, 2.45) is 0 Å². The summed E-state index contributed by atoms with van der Waals surface area (Å²) in [6.07, 6.45) is -0.167. The van der Waals surface area contributed by atoms with Gasteiger partial charge in [0.15, 0.2) is 0 Å². The van der Waals surface area contributed by atoms with Gasteiger partial charge in [0.25, 0.3) is 0 Å². The fourth-order valence-electron chi connectivity index (χ4n) is 3.55. The third-order valence-electron chi connectivity index (χ3n) is 5.88. The van der Waals surface area contributed by atoms with Crippen molar-refractivity contribution in [1.82, 2.24) is 0 Å². The maximum absolute atomic E-state index is 6.05. The lowest BCUT2D eigenvalue weighted by atomic mass is 10.3. The van der Waals surface area contributed by atoms with Gasteiger partial charge in [-0.05, 0) is 36.4 Å². The molecule has 0 radical (unpaired) electrons. The molecule has 0 saturated carbocycles. The highest BCUT2D eigenvalue weighted by Gasteiger charge is 2.26. The molecule has 8 heteroatoms. The maximum atomic E-state index is 6.05. The van der Waals surface area contributed by atoms with E-state index < -0.39 is 0 Å². The first-order valence-corrected chi connectivity index (χ1v) is 13.0. The van der Waals surface area contributed by atoms with Gasteiger partial charge in [0.2, 0.25) is 0 Å². The normalized spacial score (nSPS) is 19.3. The van der Waals surface area contributed by atoms with E-state index in [2.05, 4.69) is 0 Å². The van der Waals surface area contributed by atoms with Crippen molar-refractivity contribution in [3.63, 3.8) is 0 Å². The van der Waals surface area contributed by atoms with E-state index in [4.69, 9.17) is 37.9 Å². The largest absolute Gasteiger partial charge is 0.491 e. The highest BCUT2D eigenvalue weighted by atomic mass is 16.6. The van der Waals surface area contributed by atoms with Crippen molar-refractivity contribution in [2.75, 3.05) is 52.9 Å². The first-order valence-electron chi connectivity index (χ1n) is 13.0. The summed E-state index contributed by atoms with van der Waals surface area (Å²) in [5.41, 5.74) is 0. The van der Waals surface area contributed by atoms with Crippen LogP contribution in [0.1, 0.15) is 0 Å². The number of benzene rings is 3. The van der Waals surface area contributed by atoms with Crippen LogP contribution >= 0.6 is 0 Å². The van der Waals surface area contributed by atoms with Gasteiger partial charge >= 0.3 is 0 Å². The van der Waals surface area contributed by atoms with Gasteiger partial charge in [-0.1, -0.05) is 42.5 Å². The molecule has 5 rings (SSSR count). The highest BCUT2D eigenvalue weighted by molar-refractivity contribution is 5.33. The number of epoxide rings is 2. The number of hydrogen-bond donors (Lipinski definition) is 0. The molecular weight excluding hydrogens is 488 g/mol. The first kappa shape index (κ1) is 26.3. The summed E-state index contributed by atoms with van der Waals surface area (Å²) < 4.78 is 46.4. The first-order chi connectivity index (χ1) is 18.8. The molecule has 2 aliphatic heterocycles. The Morgan fingerprint density at radius 1 is 0.526 bits per heavy atom. The molecule has 2 aliphatic rings. The lowest BCUT2D eigenvalue weighted by molar-refractivity contribution is -0.0144. The van der Waals surface area contributed by atoms with Crippen LogP contribution in [-0.2, 0) is 18.9 Å². The van der Waals surface area contributed by atoms with E-state index >= 15 is 0 Å². The number of hydrogen-bond acceptors (Lipinski definition) is 8. The zero-order chi connectivity index (χ0) is 25.8. The molecule has 8 nitrogen and oxygen atoms in total. The minimum Gasteiger partial charge on any atom is -0.491 e. The molecule has 0 N–H and O–H groups in total. The highest BCUT2D eigenvalue weighted by Crippen LogP contribution is 2.21. The van der Waals surface area contributed by atoms with Gasteiger partial charge in [0.1, 0.15) is 73.8 Å². The van der Waals surface area contributed by atoms with Crippen molar-refractivity contribution >= 4 is 0 Å². The average Bonchev–Trinajstić information content (AvgIpc) is 3.89. The van der Waals surface area contributed by atoms with E-state index in [1.807, 2.05) is 84.9 Å². The number of rotatable bonds is 18. The molecule has 4 unspecified atom stereocenters. The molecule has 2 fully saturated rings. The van der Waals surface area contributed by atoms with Crippen molar-refractivity contribution in [2.45, 2.75) is 24.4 Å². The summed E-state index contributed by atoms with van der Waals surface area (Å²) in [5, 5.41) is 0. The van der Waals surface area contributed by atoms with Crippen LogP contribution in [0.5, 0.6) is 23.0 Å². The standard InChI is InChI=1S/C30H34O8/c1-3-8-23(9-4-1)31-15-27(35-19-29-21-37-29)17-33-25-12-7-13-26(14-25)34-18-28(36-20-30-22-38-30)16-32-24-10-5-2-6-11-24/h1-14,27-30H,15-22H2. The number of ether oxygens (including phenoxy) is 8. The van der Waals surface area contributed by atoms with E-state index in [0.717, 1.165) is 24.7 Å². The Kier molecular flexibility index (Phi) is 9.71. The van der Waals surface area contributed by atoms with E-state index in [1.165, 1.54) is 0 Å². The SMILES string of the molecule is c1ccc(OCC(COc2cccc(OCC(COc3ccccc3)OCC3CO3)c2)OCC2CO2)cc1. The Morgan fingerprint density at radius 2 is 0.895 bits per heavy atom. The van der Waals surface area contributed by atoms with Gasteiger partial charge in [-0.3, -0.25) is 0 Å². The average molecular weight is 523 g/mol. The predicted octanol–water partition coefficient (Wildman–Crippen LogP) is 4.17. The summed E-state index contributed by atoms with van der Waals surface area (Å²) in [6.45, 7) is 3.93. The lowest BCUT2D eigenvalue weighted by Gasteiger charge is -2.20. The topological polar surface area (TPSA) is 80.4 Å². The zero-order valence-electron chi connectivity index (χ0n) is 21.3. The number of para-hydroxylation sites is 2. The van der Waals surface area contributed by atoms with E-state index in [9.17, 15) is 0 Å². The van der Waals surface area contributed by atoms with Crippen molar-refractivity contribution in [3.05, 3.63) is 84.9 Å². The van der Waals surface area contributed by atoms with Crippen molar-refractivity contribution < 1.29 is 37.9 Å². The van der Waals surface area contributed by atoms with E-state index in [1.54, 1.807) is 0 Å². The molecule has 0 aliphatic carbocycles. The fourth-order valence-corrected chi connectivity index (χ4v) is 3.55. The summed E-state index contributed by atoms with van der Waals surface area (Å²) in [7, 11) is 0. The van der Waals surface area contributed by atoms with Gasteiger partial charge in [-0.2, -0.15) is 0 Å². The maximum Gasteiger partial charge on any atom is 0.125 e. The van der Waals surface area contributed by atoms with Crippen molar-refractivity contribution in [1.29, 1.82) is 0 Å². The van der Waals surface area contributed by atoms with Gasteiger partial charge < -0.3 is 37.9 Å². The molecule has 38 heavy (non-hydrogen) atoms. The molecule has 4 atom stereocenters. The van der Waals surface area contributed by atoms with Gasteiger partial charge in [0.05, 0.1) is 26.4 Å². The van der Waals surface area contributed by atoms with Crippen LogP contribution in [-0.4, -0.2) is 77.3 Å². The Morgan fingerprint density at radius 3 is 1.29 bits per heavy atom. The van der Waals surface area contributed by atoms with E-state index in [-0.39, 0.29) is 24.4 Å². The Hall–Kier alpha value is -3.30. The molecule has 2 heterocycles. The van der Waals surface area contributed by atoms with Gasteiger partial charge in [0, 0.05) is 6.07 Å². The lowest BCUT2D eigenvalue weighted by Crippen LogP contribution is -2.30. The summed E-state index contributed by atoms with van der Waals surface area (Å²) in [4.78, 5) is 0. The summed E-state index contributed by atoms with van der Waals surface area (Å²) in [6, 6.07) is 26.9. The molecular formula is C30H34O8. The second-order valence-corrected chi connectivity index (χ2v) is 9.17. The molecule has 0 aromatic heterocycles. The Bertz CT molecular complexity index is 989. The third-order valence-corrected chi connectivity index (χ3v) is 5.88. The minimum absolute atomic E-state index is 0.165. The predicted molar refractivity (Wildman–Crippen MR) is 140 cm³/mol. The smallest absolute Gasteiger partial charge is 0.125 e. The van der Waals surface area contributed by atoms with Crippen LogP contribution in [0.15, 0.2) is 84.9 Å². The molecule has 0 amide bonds. The van der Waals surface area contributed by atoms with Crippen LogP contribution in [0.2, 0.25) is 0 Å². The van der Waals surface area contributed by atoms with Crippen LogP contribution in [0, 0.1) is 0 Å². The van der Waals surface area contributed by atoms with Crippen LogP contribution in [0.3, 0.4) is 0 Å². The molecule has 202 valence electrons. The van der Waals surface area contributed by atoms with Gasteiger partial charge in [-0.15, -0.1) is 0 Å². The zero-order valence-corrected chi connectivity index (χ0v) is 21.3. The second kappa shape index (κ2) is 14.0. The van der Waals surface area contributed by atoms with Crippen LogP contribution < -0.4 is 18.9 Å². The minimum atomic E-state index is -0.249. The molecule has 3 aromatic rings. The Labute approximate surface area is 223 Å². The summed E-state index contributed by atoms with van der Waals surface area (Å²) >= 11 is 0. The molecule has 2 saturated heterocycles. The molecule has 0 bridgehead atoms. The monoisotopic (exact) mass is 522 g/mol. The Balaban J connectivity index is 1.11. The van der Waals surface area contributed by atoms with E-state index in [0.29, 0.717) is 51.1 Å². The quantitative estimate of drug-likeness (QED) is 0.230. The third kappa shape index (κ3) is 9.54. The summed E-state index contributed by atoms with van der Waals surface area (Å²) in [5.74, 6) is 2.95. The van der Waals surface area contributed by atoms with Crippen LogP contribution in [0.4, 0.5) is 0 Å². The fraction of sp³-hybridized carbons (Fsp3) is 0.400.